The average molecular weight is 531 g/mol. The number of rotatable bonds is 7. The molecule has 0 aliphatic heterocycles. The number of nitrogens with one attached hydrogen (secondary N) is 1. The van der Waals surface area contributed by atoms with Crippen molar-refractivity contribution in [1.29, 1.82) is 0 Å². The molecule has 194 valence electrons. The number of amides is 1. The number of fused-ring (bicyclic) bond motifs is 1. The second kappa shape index (κ2) is 11.1. The first-order valence-electron chi connectivity index (χ1n) is 12.5. The fourth-order valence-electron chi connectivity index (χ4n) is 5.02. The maximum atomic E-state index is 12.7. The van der Waals surface area contributed by atoms with Crippen molar-refractivity contribution in [2.45, 2.75) is 45.1 Å². The maximum absolute atomic E-state index is 12.7. The van der Waals surface area contributed by atoms with Gasteiger partial charge in [-0.25, -0.2) is 4.79 Å². The van der Waals surface area contributed by atoms with E-state index >= 15 is 0 Å². The Morgan fingerprint density at radius 2 is 1.71 bits per heavy atom. The molecule has 1 amide bonds. The predicted molar refractivity (Wildman–Crippen MR) is 145 cm³/mol. The van der Waals surface area contributed by atoms with Gasteiger partial charge in [-0.3, -0.25) is 10.1 Å². The molecule has 0 bridgehead atoms. The second-order valence-corrected chi connectivity index (χ2v) is 9.76. The molecule has 1 atom stereocenters. The maximum Gasteiger partial charge on any atom is 0.412 e. The molecule has 0 radical (unpaired) electrons. The summed E-state index contributed by atoms with van der Waals surface area (Å²) in [6.45, 7) is 1.76. The molecular weight excluding hydrogens is 504 g/mol. The fourth-order valence-corrected chi connectivity index (χ4v) is 5.31. The van der Waals surface area contributed by atoms with Crippen molar-refractivity contribution >= 4 is 29.4 Å². The monoisotopic (exact) mass is 530 g/mol. The summed E-state index contributed by atoms with van der Waals surface area (Å²) in [6.07, 6.45) is 4.23. The summed E-state index contributed by atoms with van der Waals surface area (Å²) >= 11 is 6.24. The highest BCUT2D eigenvalue weighted by Crippen LogP contribution is 2.40. The molecular formula is C30H27ClN2O5. The van der Waals surface area contributed by atoms with Crippen molar-refractivity contribution in [2.75, 3.05) is 5.32 Å². The van der Waals surface area contributed by atoms with Crippen molar-refractivity contribution in [2.24, 2.45) is 0 Å². The van der Waals surface area contributed by atoms with Gasteiger partial charge in [0.05, 0.1) is 12.6 Å². The molecule has 1 aromatic heterocycles. The van der Waals surface area contributed by atoms with Crippen LogP contribution in [0.2, 0.25) is 5.02 Å². The van der Waals surface area contributed by atoms with Gasteiger partial charge in [0, 0.05) is 16.1 Å². The van der Waals surface area contributed by atoms with Crippen LogP contribution in [0.3, 0.4) is 0 Å². The van der Waals surface area contributed by atoms with E-state index in [1.807, 2.05) is 48.5 Å². The first-order chi connectivity index (χ1) is 18.4. The number of aromatic nitrogens is 1. The number of carboxylic acid groups (broad SMARTS) is 1. The summed E-state index contributed by atoms with van der Waals surface area (Å²) in [5.74, 6) is -0.369. The summed E-state index contributed by atoms with van der Waals surface area (Å²) in [7, 11) is 0. The third-order valence-electron chi connectivity index (χ3n) is 6.83. The molecule has 1 aliphatic carbocycles. The Morgan fingerprint density at radius 1 is 1.03 bits per heavy atom. The van der Waals surface area contributed by atoms with Crippen LogP contribution in [-0.2, 0) is 28.8 Å². The molecule has 0 fully saturated rings. The highest BCUT2D eigenvalue weighted by atomic mass is 35.5. The van der Waals surface area contributed by atoms with E-state index in [1.54, 1.807) is 13.0 Å². The summed E-state index contributed by atoms with van der Waals surface area (Å²) in [6, 6.07) is 18.9. The summed E-state index contributed by atoms with van der Waals surface area (Å²) in [5.41, 5.74) is 7.36. The lowest BCUT2D eigenvalue weighted by Gasteiger charge is -2.23. The quantitative estimate of drug-likeness (QED) is 0.257. The summed E-state index contributed by atoms with van der Waals surface area (Å²) < 4.78 is 11.2. The number of halogens is 1. The minimum Gasteiger partial charge on any atom is -0.481 e. The molecule has 0 spiro atoms. The third kappa shape index (κ3) is 5.43. The molecule has 38 heavy (non-hydrogen) atoms. The van der Waals surface area contributed by atoms with E-state index in [0.717, 1.165) is 53.5 Å². The number of nitrogens with zero attached hydrogens (tertiary/aromatic N) is 1. The van der Waals surface area contributed by atoms with Gasteiger partial charge in [-0.2, -0.15) is 0 Å². The number of carboxylic acids is 1. The molecule has 0 saturated carbocycles. The van der Waals surface area contributed by atoms with Crippen LogP contribution in [-0.4, -0.2) is 22.3 Å². The van der Waals surface area contributed by atoms with Gasteiger partial charge < -0.3 is 14.4 Å². The van der Waals surface area contributed by atoms with Crippen LogP contribution in [0.4, 0.5) is 10.5 Å². The van der Waals surface area contributed by atoms with Crippen molar-refractivity contribution in [1.82, 2.24) is 5.16 Å². The zero-order valence-corrected chi connectivity index (χ0v) is 21.6. The highest BCUT2D eigenvalue weighted by Gasteiger charge is 2.24. The van der Waals surface area contributed by atoms with Gasteiger partial charge in [0.15, 0.2) is 5.76 Å². The Morgan fingerprint density at radius 3 is 2.42 bits per heavy atom. The van der Waals surface area contributed by atoms with Crippen molar-refractivity contribution < 1.29 is 24.0 Å². The Bertz CT molecular complexity index is 1480. The minimum atomic E-state index is -0.849. The Hall–Kier alpha value is -4.10. The molecule has 1 heterocycles. The van der Waals surface area contributed by atoms with Crippen LogP contribution in [0.15, 0.2) is 71.4 Å². The number of benzene rings is 3. The molecule has 5 rings (SSSR count). The Kier molecular flexibility index (Phi) is 7.47. The van der Waals surface area contributed by atoms with Crippen LogP contribution in [0.5, 0.6) is 0 Å². The normalized spacial score (nSPS) is 13.4. The first-order valence-corrected chi connectivity index (χ1v) is 12.9. The first kappa shape index (κ1) is 25.5. The lowest BCUT2D eigenvalue weighted by Crippen LogP contribution is -2.16. The van der Waals surface area contributed by atoms with Gasteiger partial charge in [-0.1, -0.05) is 71.4 Å². The van der Waals surface area contributed by atoms with E-state index < -0.39 is 18.2 Å². The van der Waals surface area contributed by atoms with E-state index in [-0.39, 0.29) is 6.42 Å². The van der Waals surface area contributed by atoms with Crippen LogP contribution in [0.1, 0.15) is 48.1 Å². The Balaban J connectivity index is 1.40. The topological polar surface area (TPSA) is 102 Å². The van der Waals surface area contributed by atoms with E-state index in [1.165, 1.54) is 17.3 Å². The second-order valence-electron chi connectivity index (χ2n) is 9.35. The molecule has 8 heteroatoms. The SMILES string of the molecule is CC(OC(=O)Nc1cnoc1-c1ccc(-c2ccc(CC(=O)O)cc2)c2c1CCCC2)c1ccccc1Cl. The molecule has 1 aliphatic rings. The van der Waals surface area contributed by atoms with E-state index in [2.05, 4.69) is 16.5 Å². The van der Waals surface area contributed by atoms with Gasteiger partial charge in [-0.15, -0.1) is 0 Å². The van der Waals surface area contributed by atoms with Gasteiger partial charge >= 0.3 is 12.1 Å². The number of hydrogen-bond acceptors (Lipinski definition) is 5. The highest BCUT2D eigenvalue weighted by molar-refractivity contribution is 6.31. The fraction of sp³-hybridized carbons (Fsp3) is 0.233. The lowest BCUT2D eigenvalue weighted by atomic mass is 9.82. The van der Waals surface area contributed by atoms with Gasteiger partial charge in [0.2, 0.25) is 0 Å². The van der Waals surface area contributed by atoms with Gasteiger partial charge in [0.1, 0.15) is 11.8 Å². The summed E-state index contributed by atoms with van der Waals surface area (Å²) in [4.78, 5) is 23.8. The lowest BCUT2D eigenvalue weighted by molar-refractivity contribution is -0.136. The number of ether oxygens (including phenoxy) is 1. The van der Waals surface area contributed by atoms with Crippen LogP contribution in [0.25, 0.3) is 22.5 Å². The molecule has 4 aromatic rings. The van der Waals surface area contributed by atoms with E-state index in [4.69, 9.17) is 26.0 Å². The van der Waals surface area contributed by atoms with Crippen molar-refractivity contribution in [3.63, 3.8) is 0 Å². The average Bonchev–Trinajstić information content (AvgIpc) is 3.36. The van der Waals surface area contributed by atoms with Gasteiger partial charge in [0.25, 0.3) is 0 Å². The van der Waals surface area contributed by atoms with Crippen LogP contribution in [0, 0.1) is 0 Å². The minimum absolute atomic E-state index is 0.00179. The van der Waals surface area contributed by atoms with Crippen LogP contribution >= 0.6 is 11.6 Å². The third-order valence-corrected chi connectivity index (χ3v) is 7.18. The van der Waals surface area contributed by atoms with Crippen molar-refractivity contribution in [3.8, 4) is 22.5 Å². The standard InChI is InChI=1S/C30H27ClN2O5/c1-18(21-6-4-5-9-26(21)31)37-30(36)33-27-17-32-38-29(27)25-15-14-22(23-7-2-3-8-24(23)25)20-12-10-19(11-13-20)16-28(34)35/h4-6,9-15,17-18H,2-3,7-8,16H2,1H3,(H,33,36)(H,34,35). The molecule has 3 aromatic carbocycles. The zero-order chi connectivity index (χ0) is 26.6. The van der Waals surface area contributed by atoms with Gasteiger partial charge in [-0.05, 0) is 66.5 Å². The largest absolute Gasteiger partial charge is 0.481 e. The number of aliphatic carboxylic acids is 1. The predicted octanol–water partition coefficient (Wildman–Crippen LogP) is 7.48. The van der Waals surface area contributed by atoms with E-state index in [9.17, 15) is 9.59 Å². The smallest absolute Gasteiger partial charge is 0.412 e. The molecule has 7 nitrogen and oxygen atoms in total. The number of carbonyl (C=O) groups is 2. The van der Waals surface area contributed by atoms with Crippen molar-refractivity contribution in [3.05, 3.63) is 94.1 Å². The molecule has 0 saturated heterocycles. The molecule has 2 N–H and O–H groups in total. The zero-order valence-electron chi connectivity index (χ0n) is 20.9. The number of anilines is 1. The summed E-state index contributed by atoms with van der Waals surface area (Å²) in [5, 5.41) is 16.3. The number of hydrogen-bond donors (Lipinski definition) is 2. The Labute approximate surface area is 225 Å². The van der Waals surface area contributed by atoms with E-state index in [0.29, 0.717) is 16.5 Å². The van der Waals surface area contributed by atoms with Crippen LogP contribution < -0.4 is 5.32 Å². The number of carbonyl (C=O) groups excluding carboxylic acids is 1. The molecule has 1 unspecified atom stereocenters.